The Labute approximate surface area is 188 Å². The van der Waals surface area contributed by atoms with E-state index in [1.54, 1.807) is 0 Å². The summed E-state index contributed by atoms with van der Waals surface area (Å²) < 4.78 is 6.33. The highest BCUT2D eigenvalue weighted by Gasteiger charge is 2.27. The monoisotopic (exact) mass is 427 g/mol. The minimum atomic E-state index is 0.249. The molecule has 0 bridgehead atoms. The van der Waals surface area contributed by atoms with Gasteiger partial charge in [-0.25, -0.2) is 0 Å². The van der Waals surface area contributed by atoms with Crippen LogP contribution in [0.3, 0.4) is 0 Å². The number of benzene rings is 1. The van der Waals surface area contributed by atoms with Gasteiger partial charge in [-0.1, -0.05) is 6.42 Å². The molecule has 0 saturated carbocycles. The minimum Gasteiger partial charge on any atom is -0.493 e. The molecule has 1 aromatic rings. The van der Waals surface area contributed by atoms with Crippen molar-refractivity contribution >= 4 is 11.6 Å². The SMILES string of the molecule is CC1CCCN1CCCOc1ccc(N2CCCC2=O)cc1CN1C(C)CCCC1C. The molecule has 5 nitrogen and oxygen atoms in total. The zero-order valence-electron chi connectivity index (χ0n) is 19.8. The smallest absolute Gasteiger partial charge is 0.227 e. The molecular formula is C26H41N3O2. The number of carbonyl (C=O) groups excluding carboxylic acids is 1. The highest BCUT2D eigenvalue weighted by Crippen LogP contribution is 2.32. The zero-order chi connectivity index (χ0) is 21.8. The first-order valence-corrected chi connectivity index (χ1v) is 12.6. The second-order valence-electron chi connectivity index (χ2n) is 9.97. The summed E-state index contributed by atoms with van der Waals surface area (Å²) in [6, 6.07) is 8.29. The van der Waals surface area contributed by atoms with Gasteiger partial charge < -0.3 is 14.5 Å². The van der Waals surface area contributed by atoms with E-state index in [0.29, 0.717) is 18.5 Å². The average molecular weight is 428 g/mol. The fourth-order valence-electron chi connectivity index (χ4n) is 5.68. The van der Waals surface area contributed by atoms with E-state index in [9.17, 15) is 4.79 Å². The van der Waals surface area contributed by atoms with Gasteiger partial charge in [0.1, 0.15) is 5.75 Å². The molecule has 3 aliphatic rings. The average Bonchev–Trinajstić information content (AvgIpc) is 3.36. The highest BCUT2D eigenvalue weighted by atomic mass is 16.5. The lowest BCUT2D eigenvalue weighted by molar-refractivity contribution is -0.117. The molecule has 3 unspecified atom stereocenters. The maximum absolute atomic E-state index is 12.3. The van der Waals surface area contributed by atoms with Crippen LogP contribution in [0.4, 0.5) is 5.69 Å². The first-order valence-electron chi connectivity index (χ1n) is 12.6. The van der Waals surface area contributed by atoms with E-state index < -0.39 is 0 Å². The van der Waals surface area contributed by atoms with Gasteiger partial charge in [-0.15, -0.1) is 0 Å². The van der Waals surface area contributed by atoms with E-state index in [2.05, 4.69) is 48.8 Å². The number of nitrogens with zero attached hydrogens (tertiary/aromatic N) is 3. The molecule has 4 rings (SSSR count). The van der Waals surface area contributed by atoms with E-state index in [-0.39, 0.29) is 5.91 Å². The van der Waals surface area contributed by atoms with Crippen LogP contribution >= 0.6 is 0 Å². The molecule has 3 heterocycles. The third kappa shape index (κ3) is 5.43. The second kappa shape index (κ2) is 10.4. The van der Waals surface area contributed by atoms with Crippen LogP contribution in [0.25, 0.3) is 0 Å². The molecule has 0 radical (unpaired) electrons. The number of hydrogen-bond donors (Lipinski definition) is 0. The number of amides is 1. The Morgan fingerprint density at radius 1 is 0.968 bits per heavy atom. The molecule has 1 aromatic carbocycles. The molecule has 3 aliphatic heterocycles. The van der Waals surface area contributed by atoms with E-state index >= 15 is 0 Å². The van der Waals surface area contributed by atoms with Crippen LogP contribution < -0.4 is 9.64 Å². The Balaban J connectivity index is 1.45. The third-order valence-electron chi connectivity index (χ3n) is 7.70. The Morgan fingerprint density at radius 2 is 1.74 bits per heavy atom. The highest BCUT2D eigenvalue weighted by molar-refractivity contribution is 5.95. The molecule has 172 valence electrons. The first kappa shape index (κ1) is 22.6. The number of carbonyl (C=O) groups is 1. The molecule has 31 heavy (non-hydrogen) atoms. The number of likely N-dealkylation sites (tertiary alicyclic amines) is 2. The third-order valence-corrected chi connectivity index (χ3v) is 7.70. The molecule has 0 N–H and O–H groups in total. The van der Waals surface area contributed by atoms with Gasteiger partial charge in [-0.05, 0) is 84.0 Å². The predicted molar refractivity (Wildman–Crippen MR) is 127 cm³/mol. The Bertz CT molecular complexity index is 742. The molecule has 3 saturated heterocycles. The predicted octanol–water partition coefficient (Wildman–Crippen LogP) is 4.83. The summed E-state index contributed by atoms with van der Waals surface area (Å²) in [5.74, 6) is 1.24. The number of piperidine rings is 1. The molecule has 5 heteroatoms. The van der Waals surface area contributed by atoms with Crippen molar-refractivity contribution < 1.29 is 9.53 Å². The summed E-state index contributed by atoms with van der Waals surface area (Å²) in [6.07, 6.45) is 9.19. The molecule has 0 spiro atoms. The van der Waals surface area contributed by atoms with E-state index in [4.69, 9.17) is 4.74 Å². The molecule has 3 fully saturated rings. The molecule has 3 atom stereocenters. The summed E-state index contributed by atoms with van der Waals surface area (Å²) in [7, 11) is 0. The van der Waals surface area contributed by atoms with Crippen molar-refractivity contribution in [1.29, 1.82) is 0 Å². The summed E-state index contributed by atoms with van der Waals surface area (Å²) in [5.41, 5.74) is 2.26. The fraction of sp³-hybridized carbons (Fsp3) is 0.731. The van der Waals surface area contributed by atoms with Crippen molar-refractivity contribution in [2.75, 3.05) is 31.1 Å². The summed E-state index contributed by atoms with van der Waals surface area (Å²) in [5, 5.41) is 0. The number of ether oxygens (including phenoxy) is 1. The van der Waals surface area contributed by atoms with Crippen LogP contribution in [0.15, 0.2) is 18.2 Å². The maximum atomic E-state index is 12.3. The van der Waals surface area contributed by atoms with Gasteiger partial charge in [0.15, 0.2) is 0 Å². The van der Waals surface area contributed by atoms with Crippen LogP contribution in [0.1, 0.15) is 77.7 Å². The lowest BCUT2D eigenvalue weighted by Gasteiger charge is -2.39. The van der Waals surface area contributed by atoms with Crippen LogP contribution in [0.5, 0.6) is 5.75 Å². The summed E-state index contributed by atoms with van der Waals surface area (Å²) in [6.45, 7) is 11.9. The lowest BCUT2D eigenvalue weighted by Crippen LogP contribution is -2.43. The van der Waals surface area contributed by atoms with Gasteiger partial charge in [0.2, 0.25) is 5.91 Å². The van der Waals surface area contributed by atoms with Crippen molar-refractivity contribution in [3.05, 3.63) is 23.8 Å². The van der Waals surface area contributed by atoms with Gasteiger partial charge in [0.25, 0.3) is 0 Å². The fourth-order valence-corrected chi connectivity index (χ4v) is 5.68. The first-order chi connectivity index (χ1) is 15.0. The summed E-state index contributed by atoms with van der Waals surface area (Å²) in [4.78, 5) is 19.5. The van der Waals surface area contributed by atoms with Gasteiger partial charge >= 0.3 is 0 Å². The Kier molecular flexibility index (Phi) is 7.55. The molecule has 0 aromatic heterocycles. The van der Waals surface area contributed by atoms with E-state index in [1.807, 2.05) is 4.90 Å². The number of rotatable bonds is 8. The molecular weight excluding hydrogens is 386 g/mol. The number of hydrogen-bond acceptors (Lipinski definition) is 4. The summed E-state index contributed by atoms with van der Waals surface area (Å²) >= 11 is 0. The van der Waals surface area contributed by atoms with Gasteiger partial charge in [-0.3, -0.25) is 9.69 Å². The van der Waals surface area contributed by atoms with Crippen LogP contribution in [0, 0.1) is 0 Å². The van der Waals surface area contributed by atoms with Gasteiger partial charge in [-0.2, -0.15) is 0 Å². The van der Waals surface area contributed by atoms with Crippen LogP contribution in [0.2, 0.25) is 0 Å². The van der Waals surface area contributed by atoms with Crippen molar-refractivity contribution in [3.8, 4) is 5.75 Å². The van der Waals surface area contributed by atoms with Crippen LogP contribution in [-0.4, -0.2) is 60.1 Å². The van der Waals surface area contributed by atoms with Crippen molar-refractivity contribution in [1.82, 2.24) is 9.80 Å². The van der Waals surface area contributed by atoms with Crippen molar-refractivity contribution in [2.45, 2.75) is 96.8 Å². The normalized spacial score (nSPS) is 27.9. The van der Waals surface area contributed by atoms with Crippen LogP contribution in [-0.2, 0) is 11.3 Å². The van der Waals surface area contributed by atoms with Crippen molar-refractivity contribution in [3.63, 3.8) is 0 Å². The maximum Gasteiger partial charge on any atom is 0.227 e. The Hall–Kier alpha value is -1.59. The van der Waals surface area contributed by atoms with E-state index in [1.165, 1.54) is 44.2 Å². The topological polar surface area (TPSA) is 36.0 Å². The minimum absolute atomic E-state index is 0.249. The quantitative estimate of drug-likeness (QED) is 0.557. The lowest BCUT2D eigenvalue weighted by atomic mass is 9.96. The zero-order valence-corrected chi connectivity index (χ0v) is 19.8. The van der Waals surface area contributed by atoms with Gasteiger partial charge in [0, 0.05) is 55.4 Å². The molecule has 0 aliphatic carbocycles. The Morgan fingerprint density at radius 3 is 2.42 bits per heavy atom. The largest absolute Gasteiger partial charge is 0.493 e. The van der Waals surface area contributed by atoms with E-state index in [0.717, 1.165) is 56.6 Å². The van der Waals surface area contributed by atoms with Gasteiger partial charge in [0.05, 0.1) is 6.61 Å². The second-order valence-corrected chi connectivity index (χ2v) is 9.97. The number of anilines is 1. The standard InChI is InChI=1S/C26H41N3O2/c1-20-10-5-14-27(20)15-7-17-31-25-13-12-24(28-16-6-11-26(28)30)18-23(25)19-29-21(2)8-4-9-22(29)3/h12-13,18,20-22H,4-11,14-17,19H2,1-3H3. The molecule has 1 amide bonds. The van der Waals surface area contributed by atoms with Crippen molar-refractivity contribution in [2.24, 2.45) is 0 Å².